The molecule has 2 bridgehead atoms. The molecule has 4 aromatic heterocycles. The third kappa shape index (κ3) is 4.29. The van der Waals surface area contributed by atoms with E-state index in [9.17, 15) is 4.79 Å². The fraction of sp³-hybridized carbons (Fsp3) is 0.241. The van der Waals surface area contributed by atoms with E-state index in [4.69, 9.17) is 9.72 Å². The first kappa shape index (κ1) is 21.9. The number of piperidine rings is 1. The van der Waals surface area contributed by atoms with Gasteiger partial charge in [-0.25, -0.2) is 4.98 Å². The van der Waals surface area contributed by atoms with Crippen molar-refractivity contribution in [2.75, 3.05) is 13.1 Å². The van der Waals surface area contributed by atoms with Crippen LogP contribution in [0.2, 0.25) is 0 Å². The van der Waals surface area contributed by atoms with Crippen LogP contribution in [0, 0.1) is 5.92 Å². The number of aromatic amines is 1. The lowest BCUT2D eigenvalue weighted by Gasteiger charge is -2.42. The molecule has 0 saturated carbocycles. The predicted molar refractivity (Wildman–Crippen MR) is 140 cm³/mol. The van der Waals surface area contributed by atoms with E-state index in [-0.39, 0.29) is 5.56 Å². The Bertz CT molecular complexity index is 1630. The highest BCUT2D eigenvalue weighted by Gasteiger charge is 2.34. The number of H-pyrrole nitrogens is 1. The monoisotopic (exact) mass is 490 g/mol. The Morgan fingerprint density at radius 2 is 1.97 bits per heavy atom. The summed E-state index contributed by atoms with van der Waals surface area (Å²) in [6.45, 7) is 3.58. The lowest BCUT2D eigenvalue weighted by molar-refractivity contribution is 0.113. The molecule has 8 heteroatoms. The van der Waals surface area contributed by atoms with Gasteiger partial charge in [-0.05, 0) is 54.8 Å². The molecule has 8 nitrogen and oxygen atoms in total. The number of benzene rings is 1. The summed E-state index contributed by atoms with van der Waals surface area (Å²) in [7, 11) is 0. The lowest BCUT2D eigenvalue weighted by atomic mass is 9.83. The molecular weight excluding hydrogens is 464 g/mol. The van der Waals surface area contributed by atoms with Crippen LogP contribution in [0.1, 0.15) is 23.7 Å². The van der Waals surface area contributed by atoms with E-state index in [2.05, 4.69) is 38.3 Å². The number of aromatic nitrogens is 5. The van der Waals surface area contributed by atoms with Crippen LogP contribution in [-0.2, 0) is 13.1 Å². The van der Waals surface area contributed by atoms with Gasteiger partial charge in [0, 0.05) is 73.3 Å². The molecule has 37 heavy (non-hydrogen) atoms. The Balaban J connectivity index is 1.05. The summed E-state index contributed by atoms with van der Waals surface area (Å²) < 4.78 is 7.97. The van der Waals surface area contributed by atoms with Crippen molar-refractivity contribution in [3.8, 4) is 22.9 Å². The van der Waals surface area contributed by atoms with E-state index in [1.807, 2.05) is 47.0 Å². The number of pyridine rings is 3. The Kier molecular flexibility index (Phi) is 5.32. The van der Waals surface area contributed by atoms with Gasteiger partial charge < -0.3 is 9.30 Å². The molecule has 0 aliphatic carbocycles. The van der Waals surface area contributed by atoms with Crippen LogP contribution in [0.15, 0.2) is 83.9 Å². The van der Waals surface area contributed by atoms with E-state index in [0.29, 0.717) is 17.7 Å². The summed E-state index contributed by atoms with van der Waals surface area (Å²) in [4.78, 5) is 24.1. The Hall–Kier alpha value is -4.30. The highest BCUT2D eigenvalue weighted by molar-refractivity contribution is 5.80. The van der Waals surface area contributed by atoms with Crippen LogP contribution in [-0.4, -0.2) is 42.7 Å². The Morgan fingerprint density at radius 1 is 1.00 bits per heavy atom. The minimum Gasteiger partial charge on any atom is -0.439 e. The molecule has 184 valence electrons. The zero-order chi connectivity index (χ0) is 24.8. The van der Waals surface area contributed by atoms with Crippen LogP contribution in [0.25, 0.3) is 22.2 Å². The predicted octanol–water partition coefficient (Wildman–Crippen LogP) is 4.59. The van der Waals surface area contributed by atoms with Crippen molar-refractivity contribution in [3.63, 3.8) is 0 Å². The van der Waals surface area contributed by atoms with Crippen molar-refractivity contribution in [3.05, 3.63) is 101 Å². The SMILES string of the molecule is O=c1cccc2n1C[C@H]1C[C@@H]2CN(Cc2ccc3cc(Oc4ccc(-c5ccn[nH]5)cn4)ccc3n2)C1. The summed E-state index contributed by atoms with van der Waals surface area (Å²) in [5.74, 6) is 2.17. The van der Waals surface area contributed by atoms with E-state index < -0.39 is 0 Å². The van der Waals surface area contributed by atoms with E-state index in [1.54, 1.807) is 18.5 Å². The largest absolute Gasteiger partial charge is 0.439 e. The molecule has 5 aromatic rings. The Labute approximate surface area is 213 Å². The fourth-order valence-corrected chi connectivity index (χ4v) is 5.79. The third-order valence-corrected chi connectivity index (χ3v) is 7.43. The standard InChI is InChI=1S/C29H26N6O2/c36-29-3-1-2-27-22-12-19(16-35(27)29)15-34(17-22)18-23-6-4-20-13-24(7-8-25(20)32-23)37-28-9-5-21(14-30-28)26-10-11-31-33-26/h1-11,13-14,19,22H,12,15-18H2,(H,31,33)/t19-,22+/m0/s1. The summed E-state index contributed by atoms with van der Waals surface area (Å²) in [6.07, 6.45) is 4.65. The maximum Gasteiger partial charge on any atom is 0.250 e. The molecule has 1 saturated heterocycles. The molecule has 2 aliphatic rings. The van der Waals surface area contributed by atoms with Crippen molar-refractivity contribution in [1.29, 1.82) is 0 Å². The molecule has 0 amide bonds. The number of hydrogen-bond acceptors (Lipinski definition) is 6. The van der Waals surface area contributed by atoms with Gasteiger partial charge in [-0.1, -0.05) is 12.1 Å². The number of rotatable bonds is 5. The molecule has 1 aromatic carbocycles. The molecule has 0 unspecified atom stereocenters. The van der Waals surface area contributed by atoms with Gasteiger partial charge >= 0.3 is 0 Å². The second-order valence-corrected chi connectivity index (χ2v) is 10.0. The number of nitrogens with zero attached hydrogens (tertiary/aromatic N) is 5. The fourth-order valence-electron chi connectivity index (χ4n) is 5.79. The summed E-state index contributed by atoms with van der Waals surface area (Å²) in [6, 6.07) is 21.5. The van der Waals surface area contributed by atoms with Gasteiger partial charge in [-0.3, -0.25) is 19.8 Å². The first-order chi connectivity index (χ1) is 18.2. The zero-order valence-electron chi connectivity index (χ0n) is 20.2. The lowest BCUT2D eigenvalue weighted by Crippen LogP contribution is -2.46. The second kappa shape index (κ2) is 8.97. The van der Waals surface area contributed by atoms with Crippen molar-refractivity contribution in [2.45, 2.75) is 25.4 Å². The quantitative estimate of drug-likeness (QED) is 0.388. The number of nitrogens with one attached hydrogen (secondary N) is 1. The van der Waals surface area contributed by atoms with Gasteiger partial charge in [0.2, 0.25) is 5.88 Å². The molecule has 0 radical (unpaired) electrons. The minimum atomic E-state index is 0.127. The maximum atomic E-state index is 12.3. The molecule has 1 N–H and O–H groups in total. The molecule has 6 heterocycles. The van der Waals surface area contributed by atoms with Gasteiger partial charge in [0.25, 0.3) is 5.56 Å². The van der Waals surface area contributed by atoms with Gasteiger partial charge in [-0.2, -0.15) is 5.10 Å². The average Bonchev–Trinajstić information content (AvgIpc) is 3.45. The zero-order valence-corrected chi connectivity index (χ0v) is 20.2. The number of fused-ring (bicyclic) bond motifs is 5. The number of likely N-dealkylation sites (tertiary alicyclic amines) is 1. The number of hydrogen-bond donors (Lipinski definition) is 1. The first-order valence-electron chi connectivity index (χ1n) is 12.6. The van der Waals surface area contributed by atoms with Crippen molar-refractivity contribution >= 4 is 10.9 Å². The van der Waals surface area contributed by atoms with Crippen molar-refractivity contribution in [1.82, 2.24) is 29.6 Å². The van der Waals surface area contributed by atoms with Crippen LogP contribution >= 0.6 is 0 Å². The number of ether oxygens (including phenoxy) is 1. The smallest absolute Gasteiger partial charge is 0.250 e. The van der Waals surface area contributed by atoms with E-state index >= 15 is 0 Å². The van der Waals surface area contributed by atoms with Gasteiger partial charge in [-0.15, -0.1) is 0 Å². The van der Waals surface area contributed by atoms with Crippen LogP contribution in [0.5, 0.6) is 11.6 Å². The third-order valence-electron chi connectivity index (χ3n) is 7.43. The molecule has 0 spiro atoms. The average molecular weight is 491 g/mol. The van der Waals surface area contributed by atoms with Gasteiger partial charge in [0.15, 0.2) is 0 Å². The highest BCUT2D eigenvalue weighted by Crippen LogP contribution is 2.35. The van der Waals surface area contributed by atoms with Crippen LogP contribution in [0.3, 0.4) is 0 Å². The molecule has 7 rings (SSSR count). The molecule has 2 atom stereocenters. The van der Waals surface area contributed by atoms with Crippen molar-refractivity contribution in [2.24, 2.45) is 5.92 Å². The normalized spacial score (nSPS) is 19.0. The van der Waals surface area contributed by atoms with Gasteiger partial charge in [0.1, 0.15) is 5.75 Å². The van der Waals surface area contributed by atoms with Crippen LogP contribution in [0.4, 0.5) is 0 Å². The highest BCUT2D eigenvalue weighted by atomic mass is 16.5. The van der Waals surface area contributed by atoms with Crippen molar-refractivity contribution < 1.29 is 4.74 Å². The van der Waals surface area contributed by atoms with Crippen LogP contribution < -0.4 is 10.3 Å². The first-order valence-corrected chi connectivity index (χ1v) is 12.6. The van der Waals surface area contributed by atoms with Gasteiger partial charge in [0.05, 0.1) is 16.9 Å². The molecule has 1 fully saturated rings. The summed E-state index contributed by atoms with van der Waals surface area (Å²) >= 11 is 0. The minimum absolute atomic E-state index is 0.127. The Morgan fingerprint density at radius 3 is 2.84 bits per heavy atom. The molecule has 2 aliphatic heterocycles. The summed E-state index contributed by atoms with van der Waals surface area (Å²) in [5.41, 5.74) is 5.18. The summed E-state index contributed by atoms with van der Waals surface area (Å²) in [5, 5.41) is 7.94. The second-order valence-electron chi connectivity index (χ2n) is 10.0. The maximum absolute atomic E-state index is 12.3. The van der Waals surface area contributed by atoms with E-state index in [1.165, 1.54) is 5.69 Å². The molecular formula is C29H26N6O2. The van der Waals surface area contributed by atoms with E-state index in [0.717, 1.165) is 66.2 Å². The topological polar surface area (TPSA) is 88.9 Å².